The molecule has 1 aliphatic rings. The summed E-state index contributed by atoms with van der Waals surface area (Å²) in [6, 6.07) is 10.8. The number of rotatable bonds is 4. The number of benzene rings is 1. The van der Waals surface area contributed by atoms with Gasteiger partial charge in [-0.05, 0) is 44.0 Å². The molecule has 1 aromatic carbocycles. The predicted molar refractivity (Wildman–Crippen MR) is 76.6 cm³/mol. The molecule has 1 saturated heterocycles. The molecule has 0 aliphatic carbocycles. The van der Waals surface area contributed by atoms with Crippen LogP contribution in [0.5, 0.6) is 5.75 Å². The van der Waals surface area contributed by atoms with Gasteiger partial charge in [0, 0.05) is 18.7 Å². The molecule has 0 radical (unpaired) electrons. The summed E-state index contributed by atoms with van der Waals surface area (Å²) >= 11 is 0. The molecule has 0 bridgehead atoms. The van der Waals surface area contributed by atoms with Crippen LogP contribution >= 0.6 is 0 Å². The minimum absolute atomic E-state index is 0.446. The summed E-state index contributed by atoms with van der Waals surface area (Å²) in [5.41, 5.74) is 2.33. The lowest BCUT2D eigenvalue weighted by atomic mass is 10.0. The number of aromatic nitrogens is 1. The van der Waals surface area contributed by atoms with E-state index in [0.717, 1.165) is 30.3 Å². The monoisotopic (exact) mass is 272 g/mol. The molecule has 0 N–H and O–H groups in total. The van der Waals surface area contributed by atoms with E-state index >= 15 is 0 Å². The zero-order valence-corrected chi connectivity index (χ0v) is 12.0. The van der Waals surface area contributed by atoms with Gasteiger partial charge in [-0.2, -0.15) is 0 Å². The average molecular weight is 272 g/mol. The highest BCUT2D eigenvalue weighted by Gasteiger charge is 2.26. The topological polar surface area (TPSA) is 38.5 Å². The van der Waals surface area contributed by atoms with Crippen molar-refractivity contribution in [3.05, 3.63) is 47.3 Å². The molecule has 0 amide bonds. The smallest absolute Gasteiger partial charge is 0.133 e. The van der Waals surface area contributed by atoms with Gasteiger partial charge in [-0.15, -0.1) is 0 Å². The first-order chi connectivity index (χ1) is 9.76. The highest BCUT2D eigenvalue weighted by molar-refractivity contribution is 5.31. The number of aryl methyl sites for hydroxylation is 1. The largest absolute Gasteiger partial charge is 0.497 e. The molecule has 1 aromatic heterocycles. The molecule has 4 heteroatoms. The maximum absolute atomic E-state index is 5.33. The second-order valence-electron chi connectivity index (χ2n) is 5.33. The van der Waals surface area contributed by atoms with Gasteiger partial charge in [0.2, 0.25) is 0 Å². The highest BCUT2D eigenvalue weighted by atomic mass is 16.5. The maximum atomic E-state index is 5.33. The van der Waals surface area contributed by atoms with Crippen LogP contribution in [-0.4, -0.2) is 23.7 Å². The standard InChI is InChI=1S/C16H20N2O2/c1-12-9-14(17-20-12)11-18-8-4-7-16(18)13-5-3-6-15(10-13)19-2/h3,5-6,9-10,16H,4,7-8,11H2,1-2H3/t16-/m0/s1. The molecule has 3 rings (SSSR count). The van der Waals surface area contributed by atoms with E-state index in [-0.39, 0.29) is 0 Å². The molecule has 0 saturated carbocycles. The Hall–Kier alpha value is -1.81. The third kappa shape index (κ3) is 2.70. The van der Waals surface area contributed by atoms with Crippen molar-refractivity contribution in [2.45, 2.75) is 32.4 Å². The summed E-state index contributed by atoms with van der Waals surface area (Å²) in [6.45, 7) is 3.88. The molecule has 0 spiro atoms. The van der Waals surface area contributed by atoms with Crippen molar-refractivity contribution in [2.75, 3.05) is 13.7 Å². The Balaban J connectivity index is 1.77. The lowest BCUT2D eigenvalue weighted by Gasteiger charge is -2.24. The number of likely N-dealkylation sites (tertiary alicyclic amines) is 1. The van der Waals surface area contributed by atoms with Gasteiger partial charge >= 0.3 is 0 Å². The van der Waals surface area contributed by atoms with E-state index in [0.29, 0.717) is 6.04 Å². The maximum Gasteiger partial charge on any atom is 0.133 e. The molecule has 0 unspecified atom stereocenters. The van der Waals surface area contributed by atoms with Gasteiger partial charge in [0.25, 0.3) is 0 Å². The van der Waals surface area contributed by atoms with Crippen LogP contribution in [0.15, 0.2) is 34.9 Å². The van der Waals surface area contributed by atoms with Crippen molar-refractivity contribution in [1.82, 2.24) is 10.1 Å². The average Bonchev–Trinajstić information content (AvgIpc) is 3.08. The fourth-order valence-corrected chi connectivity index (χ4v) is 2.94. The van der Waals surface area contributed by atoms with Crippen molar-refractivity contribution >= 4 is 0 Å². The van der Waals surface area contributed by atoms with Crippen LogP contribution in [0.2, 0.25) is 0 Å². The van der Waals surface area contributed by atoms with Gasteiger partial charge < -0.3 is 9.26 Å². The van der Waals surface area contributed by atoms with E-state index in [1.807, 2.05) is 19.1 Å². The lowest BCUT2D eigenvalue weighted by Crippen LogP contribution is -2.22. The molecular weight excluding hydrogens is 252 g/mol. The fraction of sp³-hybridized carbons (Fsp3) is 0.438. The Kier molecular flexibility index (Phi) is 3.74. The Morgan fingerprint density at radius 2 is 2.30 bits per heavy atom. The summed E-state index contributed by atoms with van der Waals surface area (Å²) < 4.78 is 10.5. The van der Waals surface area contributed by atoms with Crippen LogP contribution < -0.4 is 4.74 Å². The van der Waals surface area contributed by atoms with E-state index in [1.54, 1.807) is 7.11 Å². The zero-order valence-electron chi connectivity index (χ0n) is 12.0. The normalized spacial score (nSPS) is 19.4. The molecule has 20 heavy (non-hydrogen) atoms. The molecule has 2 heterocycles. The second-order valence-corrected chi connectivity index (χ2v) is 5.33. The van der Waals surface area contributed by atoms with Gasteiger partial charge in [0.15, 0.2) is 0 Å². The van der Waals surface area contributed by atoms with Gasteiger partial charge in [0.05, 0.1) is 12.8 Å². The first-order valence-electron chi connectivity index (χ1n) is 7.06. The van der Waals surface area contributed by atoms with Crippen molar-refractivity contribution in [2.24, 2.45) is 0 Å². The zero-order chi connectivity index (χ0) is 13.9. The Morgan fingerprint density at radius 3 is 3.05 bits per heavy atom. The molecule has 2 aromatic rings. The summed E-state index contributed by atoms with van der Waals surface area (Å²) in [4.78, 5) is 2.46. The molecule has 1 aliphatic heterocycles. The van der Waals surface area contributed by atoms with Crippen LogP contribution in [0, 0.1) is 6.92 Å². The first-order valence-corrected chi connectivity index (χ1v) is 7.06. The lowest BCUT2D eigenvalue weighted by molar-refractivity contribution is 0.239. The minimum atomic E-state index is 0.446. The summed E-state index contributed by atoms with van der Waals surface area (Å²) in [6.07, 6.45) is 2.41. The van der Waals surface area contributed by atoms with E-state index < -0.39 is 0 Å². The van der Waals surface area contributed by atoms with Crippen LogP contribution in [0.3, 0.4) is 0 Å². The molecule has 4 nitrogen and oxygen atoms in total. The van der Waals surface area contributed by atoms with E-state index in [9.17, 15) is 0 Å². The quantitative estimate of drug-likeness (QED) is 0.855. The Labute approximate surface area is 119 Å². The Bertz CT molecular complexity index is 579. The van der Waals surface area contributed by atoms with Gasteiger partial charge in [0.1, 0.15) is 11.5 Å². The van der Waals surface area contributed by atoms with Crippen molar-refractivity contribution in [3.8, 4) is 5.75 Å². The van der Waals surface area contributed by atoms with Crippen LogP contribution in [0.4, 0.5) is 0 Å². The SMILES string of the molecule is COc1cccc([C@@H]2CCCN2Cc2cc(C)on2)c1. The number of ether oxygens (including phenoxy) is 1. The number of methoxy groups -OCH3 is 1. The van der Waals surface area contributed by atoms with Crippen molar-refractivity contribution in [1.29, 1.82) is 0 Å². The van der Waals surface area contributed by atoms with E-state index in [1.165, 1.54) is 18.4 Å². The van der Waals surface area contributed by atoms with Crippen molar-refractivity contribution < 1.29 is 9.26 Å². The summed E-state index contributed by atoms with van der Waals surface area (Å²) in [5.74, 6) is 1.80. The number of nitrogens with zero attached hydrogens (tertiary/aromatic N) is 2. The number of hydrogen-bond acceptors (Lipinski definition) is 4. The third-order valence-corrected chi connectivity index (χ3v) is 3.88. The van der Waals surface area contributed by atoms with Gasteiger partial charge in [-0.1, -0.05) is 17.3 Å². The molecule has 106 valence electrons. The fourth-order valence-electron chi connectivity index (χ4n) is 2.94. The van der Waals surface area contributed by atoms with Crippen LogP contribution in [0.25, 0.3) is 0 Å². The van der Waals surface area contributed by atoms with Crippen LogP contribution in [-0.2, 0) is 6.54 Å². The van der Waals surface area contributed by atoms with E-state index in [4.69, 9.17) is 9.26 Å². The second kappa shape index (κ2) is 5.67. The van der Waals surface area contributed by atoms with Gasteiger partial charge in [-0.3, -0.25) is 4.90 Å². The molecular formula is C16H20N2O2. The third-order valence-electron chi connectivity index (χ3n) is 3.88. The summed E-state index contributed by atoms with van der Waals surface area (Å²) in [5, 5.41) is 4.10. The van der Waals surface area contributed by atoms with Gasteiger partial charge in [-0.25, -0.2) is 0 Å². The first kappa shape index (κ1) is 13.2. The molecule has 1 fully saturated rings. The Morgan fingerprint density at radius 1 is 1.40 bits per heavy atom. The molecule has 1 atom stereocenters. The summed E-state index contributed by atoms with van der Waals surface area (Å²) in [7, 11) is 1.71. The number of hydrogen-bond donors (Lipinski definition) is 0. The predicted octanol–water partition coefficient (Wildman–Crippen LogP) is 3.33. The van der Waals surface area contributed by atoms with Crippen molar-refractivity contribution in [3.63, 3.8) is 0 Å². The highest BCUT2D eigenvalue weighted by Crippen LogP contribution is 2.34. The van der Waals surface area contributed by atoms with E-state index in [2.05, 4.69) is 28.3 Å². The minimum Gasteiger partial charge on any atom is -0.497 e. The van der Waals surface area contributed by atoms with Crippen LogP contribution in [0.1, 0.15) is 35.9 Å².